The molecule has 40 heavy (non-hydrogen) atoms. The number of nitrogens with zero attached hydrogens (tertiary/aromatic N) is 3. The highest BCUT2D eigenvalue weighted by atomic mass is 35.5. The van der Waals surface area contributed by atoms with E-state index in [1.54, 1.807) is 0 Å². The summed E-state index contributed by atoms with van der Waals surface area (Å²) in [6, 6.07) is 25.7. The molecule has 2 fully saturated rings. The van der Waals surface area contributed by atoms with Crippen molar-refractivity contribution in [3.63, 3.8) is 0 Å². The summed E-state index contributed by atoms with van der Waals surface area (Å²) >= 11 is 8.93. The van der Waals surface area contributed by atoms with Crippen LogP contribution in [0.25, 0.3) is 17.3 Å². The molecule has 1 amide bonds. The molecule has 0 N–H and O–H groups in total. The third kappa shape index (κ3) is 6.33. The lowest BCUT2D eigenvalue weighted by Gasteiger charge is -2.30. The van der Waals surface area contributed by atoms with Gasteiger partial charge in [-0.15, -0.1) is 11.3 Å². The minimum Gasteiger partial charge on any atom is -0.489 e. The van der Waals surface area contributed by atoms with Crippen LogP contribution in [-0.4, -0.2) is 27.0 Å². The first-order chi connectivity index (χ1) is 19.6. The summed E-state index contributed by atoms with van der Waals surface area (Å²) in [5.41, 5.74) is 3.91. The van der Waals surface area contributed by atoms with Crippen LogP contribution in [0.4, 0.5) is 5.13 Å². The fourth-order valence-electron chi connectivity index (χ4n) is 4.96. The lowest BCUT2D eigenvalue weighted by Crippen LogP contribution is -2.40. The lowest BCUT2D eigenvalue weighted by atomic mass is 9.94. The molecule has 4 aromatic rings. The highest BCUT2D eigenvalue weighted by molar-refractivity contribution is 8.18. The summed E-state index contributed by atoms with van der Waals surface area (Å²) in [6.45, 7) is 0.440. The van der Waals surface area contributed by atoms with Gasteiger partial charge in [0.15, 0.2) is 5.17 Å². The van der Waals surface area contributed by atoms with Gasteiger partial charge in [0.2, 0.25) is 5.13 Å². The third-order valence-electron chi connectivity index (χ3n) is 7.00. The number of hydrogen-bond donors (Lipinski definition) is 0. The van der Waals surface area contributed by atoms with Gasteiger partial charge in [-0.2, -0.15) is 4.99 Å². The summed E-state index contributed by atoms with van der Waals surface area (Å²) in [5.74, 6) is 0.761. The number of rotatable bonds is 7. The molecule has 1 aliphatic heterocycles. The maximum atomic E-state index is 13.8. The van der Waals surface area contributed by atoms with E-state index in [0.717, 1.165) is 53.8 Å². The van der Waals surface area contributed by atoms with E-state index in [9.17, 15) is 4.79 Å². The van der Waals surface area contributed by atoms with Gasteiger partial charge in [0, 0.05) is 22.0 Å². The fraction of sp³-hybridized carbons (Fsp3) is 0.219. The molecule has 0 radical (unpaired) electrons. The second kappa shape index (κ2) is 12.4. The van der Waals surface area contributed by atoms with Crippen molar-refractivity contribution in [1.29, 1.82) is 0 Å². The van der Waals surface area contributed by atoms with Crippen LogP contribution in [0, 0.1) is 0 Å². The van der Waals surface area contributed by atoms with Gasteiger partial charge < -0.3 is 4.74 Å². The largest absolute Gasteiger partial charge is 0.489 e. The van der Waals surface area contributed by atoms with Crippen molar-refractivity contribution in [2.24, 2.45) is 4.99 Å². The Morgan fingerprint density at radius 2 is 1.80 bits per heavy atom. The van der Waals surface area contributed by atoms with Crippen LogP contribution < -0.4 is 4.74 Å². The molecule has 8 heteroatoms. The van der Waals surface area contributed by atoms with Gasteiger partial charge in [0.05, 0.1) is 10.6 Å². The second-order valence-electron chi connectivity index (χ2n) is 9.84. The molecule has 1 saturated carbocycles. The average Bonchev–Trinajstić information content (AvgIpc) is 3.58. The van der Waals surface area contributed by atoms with Crippen molar-refractivity contribution in [3.8, 4) is 17.0 Å². The molecule has 5 nitrogen and oxygen atoms in total. The van der Waals surface area contributed by atoms with E-state index >= 15 is 0 Å². The number of benzene rings is 3. The fourth-order valence-corrected chi connectivity index (χ4v) is 6.88. The quantitative estimate of drug-likeness (QED) is 0.203. The highest BCUT2D eigenvalue weighted by Gasteiger charge is 2.38. The maximum Gasteiger partial charge on any atom is 0.267 e. The first kappa shape index (κ1) is 26.8. The summed E-state index contributed by atoms with van der Waals surface area (Å²) in [6.07, 6.45) is 7.43. The van der Waals surface area contributed by atoms with Crippen LogP contribution in [0.3, 0.4) is 0 Å². The molecular formula is C32H28ClN3O2S2. The van der Waals surface area contributed by atoms with Crippen LogP contribution in [0.2, 0.25) is 5.02 Å². The number of ether oxygens (including phenoxy) is 1. The van der Waals surface area contributed by atoms with Crippen LogP contribution in [-0.2, 0) is 11.4 Å². The van der Waals surface area contributed by atoms with Crippen molar-refractivity contribution in [3.05, 3.63) is 105 Å². The monoisotopic (exact) mass is 585 g/mol. The first-order valence-electron chi connectivity index (χ1n) is 13.4. The molecule has 0 spiro atoms. The van der Waals surface area contributed by atoms with Gasteiger partial charge in [-0.1, -0.05) is 85.5 Å². The predicted octanol–water partition coefficient (Wildman–Crippen LogP) is 8.98. The highest BCUT2D eigenvalue weighted by Crippen LogP contribution is 2.39. The van der Waals surface area contributed by atoms with Crippen molar-refractivity contribution in [1.82, 2.24) is 9.88 Å². The van der Waals surface area contributed by atoms with Crippen LogP contribution >= 0.6 is 34.7 Å². The molecule has 2 aliphatic rings. The summed E-state index contributed by atoms with van der Waals surface area (Å²) in [7, 11) is 0. The standard InChI is InChI=1S/C32H28ClN3O2S2/c33-25-16-14-22(15-17-25)20-38-27-13-7-8-23(18-27)19-29-30(37)36(26-11-5-2-6-12-26)32(40-29)35-31-34-28(21-39-31)24-9-3-1-4-10-24/h1,3-4,7-10,13-19,21,26H,2,5-6,11-12,20H2/b29-19-,35-32+. The minimum absolute atomic E-state index is 0.0166. The number of aliphatic imine (C=N–C) groups is 1. The molecule has 2 heterocycles. The Morgan fingerprint density at radius 1 is 1.00 bits per heavy atom. The van der Waals surface area contributed by atoms with E-state index in [-0.39, 0.29) is 11.9 Å². The third-order valence-corrected chi connectivity index (χ3v) is 8.97. The Bertz CT molecular complexity index is 1540. The van der Waals surface area contributed by atoms with E-state index in [2.05, 4.69) is 0 Å². The Hall–Kier alpha value is -3.39. The van der Waals surface area contributed by atoms with Gasteiger partial charge >= 0.3 is 0 Å². The number of thioether (sulfide) groups is 1. The van der Waals surface area contributed by atoms with E-state index in [1.165, 1.54) is 29.5 Å². The van der Waals surface area contributed by atoms with E-state index in [4.69, 9.17) is 26.3 Å². The first-order valence-corrected chi connectivity index (χ1v) is 15.5. The van der Waals surface area contributed by atoms with Gasteiger partial charge in [-0.25, -0.2) is 4.98 Å². The Kier molecular flexibility index (Phi) is 8.32. The van der Waals surface area contributed by atoms with Crippen LogP contribution in [0.1, 0.15) is 43.2 Å². The number of aromatic nitrogens is 1. The smallest absolute Gasteiger partial charge is 0.267 e. The number of amides is 1. The SMILES string of the molecule is O=C1/C(=C/c2cccc(OCc3ccc(Cl)cc3)c2)S/C(=N/c2nc(-c3ccccc3)cs2)N1C1CCCCC1. The average molecular weight is 586 g/mol. The number of hydrogen-bond acceptors (Lipinski definition) is 6. The number of carbonyl (C=O) groups is 1. The Labute approximate surface area is 247 Å². The van der Waals surface area contributed by atoms with Crippen LogP contribution in [0.15, 0.2) is 94.1 Å². The molecule has 6 rings (SSSR count). The van der Waals surface area contributed by atoms with Crippen molar-refractivity contribution in [2.75, 3.05) is 0 Å². The molecule has 3 aromatic carbocycles. The maximum absolute atomic E-state index is 13.8. The molecule has 1 aliphatic carbocycles. The van der Waals surface area contributed by atoms with Gasteiger partial charge in [-0.05, 0) is 66.1 Å². The van der Waals surface area contributed by atoms with E-state index < -0.39 is 0 Å². The minimum atomic E-state index is 0.0166. The normalized spacial score (nSPS) is 18.1. The Morgan fingerprint density at radius 3 is 2.60 bits per heavy atom. The van der Waals surface area contributed by atoms with Crippen molar-refractivity contribution >= 4 is 57.0 Å². The predicted molar refractivity (Wildman–Crippen MR) is 166 cm³/mol. The molecule has 0 unspecified atom stereocenters. The zero-order chi connectivity index (χ0) is 27.3. The van der Waals surface area contributed by atoms with Gasteiger partial charge in [0.25, 0.3) is 5.91 Å². The second-order valence-corrected chi connectivity index (χ2v) is 12.1. The Balaban J connectivity index is 1.25. The number of amidine groups is 1. The zero-order valence-corrected chi connectivity index (χ0v) is 24.2. The molecule has 1 saturated heterocycles. The molecular weight excluding hydrogens is 558 g/mol. The molecule has 1 aromatic heterocycles. The summed E-state index contributed by atoms with van der Waals surface area (Å²) in [5, 5.41) is 4.10. The summed E-state index contributed by atoms with van der Waals surface area (Å²) < 4.78 is 6.01. The van der Waals surface area contributed by atoms with Crippen LogP contribution in [0.5, 0.6) is 5.75 Å². The lowest BCUT2D eigenvalue weighted by molar-refractivity contribution is -0.124. The van der Waals surface area contributed by atoms with E-state index in [0.29, 0.717) is 26.8 Å². The topological polar surface area (TPSA) is 54.8 Å². The molecule has 0 bridgehead atoms. The number of halogens is 1. The molecule has 0 atom stereocenters. The van der Waals surface area contributed by atoms with E-state index in [1.807, 2.05) is 95.2 Å². The molecule has 202 valence electrons. The summed E-state index contributed by atoms with van der Waals surface area (Å²) in [4.78, 5) is 26.0. The van der Waals surface area contributed by atoms with Gasteiger partial charge in [0.1, 0.15) is 12.4 Å². The zero-order valence-electron chi connectivity index (χ0n) is 21.8. The number of carbonyl (C=O) groups excluding carboxylic acids is 1. The number of thiazole rings is 1. The van der Waals surface area contributed by atoms with Crippen molar-refractivity contribution < 1.29 is 9.53 Å². The van der Waals surface area contributed by atoms with Gasteiger partial charge in [-0.3, -0.25) is 9.69 Å². The van der Waals surface area contributed by atoms with Crippen molar-refractivity contribution in [2.45, 2.75) is 44.8 Å².